The molecule has 3 heteroatoms. The molecular formula is C17H17N3. The number of aromatic nitrogens is 2. The Labute approximate surface area is 118 Å². The van der Waals surface area contributed by atoms with Crippen molar-refractivity contribution in [2.75, 3.05) is 5.73 Å². The SMILES string of the molecule is Cc1nc(-c2ccccc2)c(N)n1Cc1ccccc1. The minimum absolute atomic E-state index is 0.720. The Balaban J connectivity index is 1.99. The number of aryl methyl sites for hydroxylation is 1. The fourth-order valence-electron chi connectivity index (χ4n) is 2.36. The van der Waals surface area contributed by atoms with Crippen LogP contribution in [-0.4, -0.2) is 9.55 Å². The van der Waals surface area contributed by atoms with Gasteiger partial charge in [0.25, 0.3) is 0 Å². The molecule has 1 heterocycles. The first-order valence-corrected chi connectivity index (χ1v) is 6.67. The van der Waals surface area contributed by atoms with Crippen molar-refractivity contribution in [3.63, 3.8) is 0 Å². The van der Waals surface area contributed by atoms with Crippen LogP contribution in [0, 0.1) is 6.92 Å². The van der Waals surface area contributed by atoms with Gasteiger partial charge < -0.3 is 10.3 Å². The predicted molar refractivity (Wildman–Crippen MR) is 82.4 cm³/mol. The Kier molecular flexibility index (Phi) is 3.25. The van der Waals surface area contributed by atoms with E-state index in [2.05, 4.69) is 21.7 Å². The summed E-state index contributed by atoms with van der Waals surface area (Å²) in [6.45, 7) is 2.74. The summed E-state index contributed by atoms with van der Waals surface area (Å²) in [6.07, 6.45) is 0. The third-order valence-electron chi connectivity index (χ3n) is 3.43. The molecule has 1 aromatic heterocycles. The Bertz CT molecular complexity index is 700. The maximum Gasteiger partial charge on any atom is 0.132 e. The number of anilines is 1. The number of rotatable bonds is 3. The van der Waals surface area contributed by atoms with Crippen LogP contribution in [0.25, 0.3) is 11.3 Å². The molecule has 3 aromatic rings. The third kappa shape index (κ3) is 2.30. The fourth-order valence-corrected chi connectivity index (χ4v) is 2.36. The van der Waals surface area contributed by atoms with Gasteiger partial charge in [-0.2, -0.15) is 0 Å². The van der Waals surface area contributed by atoms with E-state index in [1.54, 1.807) is 0 Å². The normalized spacial score (nSPS) is 10.7. The average Bonchev–Trinajstić information content (AvgIpc) is 2.77. The molecule has 0 aliphatic heterocycles. The van der Waals surface area contributed by atoms with Crippen molar-refractivity contribution in [3.05, 3.63) is 72.1 Å². The van der Waals surface area contributed by atoms with E-state index in [9.17, 15) is 0 Å². The van der Waals surface area contributed by atoms with Crippen LogP contribution in [0.15, 0.2) is 60.7 Å². The molecule has 0 bridgehead atoms. The topological polar surface area (TPSA) is 43.8 Å². The quantitative estimate of drug-likeness (QED) is 0.786. The molecule has 3 rings (SSSR count). The summed E-state index contributed by atoms with van der Waals surface area (Å²) in [7, 11) is 0. The van der Waals surface area contributed by atoms with E-state index in [0.29, 0.717) is 0 Å². The molecule has 0 amide bonds. The zero-order valence-corrected chi connectivity index (χ0v) is 11.5. The highest BCUT2D eigenvalue weighted by Crippen LogP contribution is 2.26. The first-order chi connectivity index (χ1) is 9.75. The first-order valence-electron chi connectivity index (χ1n) is 6.67. The molecule has 0 spiro atoms. The van der Waals surface area contributed by atoms with Crippen LogP contribution in [0.5, 0.6) is 0 Å². The van der Waals surface area contributed by atoms with Crippen molar-refractivity contribution in [2.24, 2.45) is 0 Å². The molecule has 20 heavy (non-hydrogen) atoms. The highest BCUT2D eigenvalue weighted by atomic mass is 15.1. The highest BCUT2D eigenvalue weighted by Gasteiger charge is 2.13. The summed E-state index contributed by atoms with van der Waals surface area (Å²) in [4.78, 5) is 4.61. The van der Waals surface area contributed by atoms with E-state index in [-0.39, 0.29) is 0 Å². The van der Waals surface area contributed by atoms with Gasteiger partial charge in [0.15, 0.2) is 0 Å². The zero-order chi connectivity index (χ0) is 13.9. The molecule has 0 saturated carbocycles. The summed E-state index contributed by atoms with van der Waals surface area (Å²) in [5.74, 6) is 1.66. The Morgan fingerprint density at radius 1 is 0.950 bits per heavy atom. The van der Waals surface area contributed by atoms with Gasteiger partial charge in [-0.05, 0) is 12.5 Å². The Hall–Kier alpha value is -2.55. The molecule has 0 unspecified atom stereocenters. The number of hydrogen-bond acceptors (Lipinski definition) is 2. The second-order valence-electron chi connectivity index (χ2n) is 4.83. The van der Waals surface area contributed by atoms with Gasteiger partial charge in [0.05, 0.1) is 6.54 Å². The molecule has 0 fully saturated rings. The van der Waals surface area contributed by atoms with E-state index in [1.807, 2.05) is 55.5 Å². The minimum Gasteiger partial charge on any atom is -0.383 e. The molecular weight excluding hydrogens is 246 g/mol. The van der Waals surface area contributed by atoms with Crippen molar-refractivity contribution < 1.29 is 0 Å². The maximum absolute atomic E-state index is 6.28. The number of benzene rings is 2. The molecule has 0 atom stereocenters. The van der Waals surface area contributed by atoms with Crippen molar-refractivity contribution in [1.29, 1.82) is 0 Å². The number of nitrogens with two attached hydrogens (primary N) is 1. The fraction of sp³-hybridized carbons (Fsp3) is 0.118. The second-order valence-corrected chi connectivity index (χ2v) is 4.83. The van der Waals surface area contributed by atoms with Crippen molar-refractivity contribution >= 4 is 5.82 Å². The van der Waals surface area contributed by atoms with Crippen LogP contribution in [-0.2, 0) is 6.54 Å². The van der Waals surface area contributed by atoms with Crippen LogP contribution in [0.1, 0.15) is 11.4 Å². The van der Waals surface area contributed by atoms with Crippen LogP contribution in [0.4, 0.5) is 5.82 Å². The lowest BCUT2D eigenvalue weighted by Crippen LogP contribution is -2.06. The summed E-state index contributed by atoms with van der Waals surface area (Å²) in [5, 5.41) is 0. The Morgan fingerprint density at radius 3 is 2.20 bits per heavy atom. The van der Waals surface area contributed by atoms with Crippen LogP contribution in [0.2, 0.25) is 0 Å². The minimum atomic E-state index is 0.720. The van der Waals surface area contributed by atoms with Crippen LogP contribution >= 0.6 is 0 Å². The van der Waals surface area contributed by atoms with E-state index >= 15 is 0 Å². The molecule has 3 nitrogen and oxygen atoms in total. The largest absolute Gasteiger partial charge is 0.383 e. The Morgan fingerprint density at radius 2 is 1.55 bits per heavy atom. The molecule has 0 radical (unpaired) electrons. The van der Waals surface area contributed by atoms with Gasteiger partial charge in [0, 0.05) is 5.56 Å². The lowest BCUT2D eigenvalue weighted by molar-refractivity contribution is 0.771. The molecule has 2 aromatic carbocycles. The molecule has 100 valence electrons. The van der Waals surface area contributed by atoms with Crippen molar-refractivity contribution in [2.45, 2.75) is 13.5 Å². The molecule has 0 aliphatic rings. The van der Waals surface area contributed by atoms with E-state index < -0.39 is 0 Å². The lowest BCUT2D eigenvalue weighted by atomic mass is 10.1. The lowest BCUT2D eigenvalue weighted by Gasteiger charge is -2.08. The van der Waals surface area contributed by atoms with Gasteiger partial charge in [0.1, 0.15) is 17.3 Å². The molecule has 2 N–H and O–H groups in total. The van der Waals surface area contributed by atoms with Gasteiger partial charge in [-0.3, -0.25) is 0 Å². The van der Waals surface area contributed by atoms with Gasteiger partial charge in [-0.1, -0.05) is 60.7 Å². The number of hydrogen-bond donors (Lipinski definition) is 1. The summed E-state index contributed by atoms with van der Waals surface area (Å²) in [5.41, 5.74) is 9.42. The van der Waals surface area contributed by atoms with Gasteiger partial charge in [-0.15, -0.1) is 0 Å². The van der Waals surface area contributed by atoms with Gasteiger partial charge >= 0.3 is 0 Å². The highest BCUT2D eigenvalue weighted by molar-refractivity contribution is 5.71. The number of nitrogen functional groups attached to an aromatic ring is 1. The standard InChI is InChI=1S/C17H17N3/c1-13-19-16(15-10-6-3-7-11-15)17(18)20(13)12-14-8-4-2-5-9-14/h2-11H,12,18H2,1H3. The first kappa shape index (κ1) is 12.5. The zero-order valence-electron chi connectivity index (χ0n) is 11.5. The van der Waals surface area contributed by atoms with E-state index in [4.69, 9.17) is 5.73 Å². The summed E-state index contributed by atoms with van der Waals surface area (Å²) >= 11 is 0. The predicted octanol–water partition coefficient (Wildman–Crippen LogP) is 3.49. The third-order valence-corrected chi connectivity index (χ3v) is 3.43. The van der Waals surface area contributed by atoms with Gasteiger partial charge in [0.2, 0.25) is 0 Å². The average molecular weight is 263 g/mol. The smallest absolute Gasteiger partial charge is 0.132 e. The van der Waals surface area contributed by atoms with Crippen LogP contribution < -0.4 is 5.73 Å². The van der Waals surface area contributed by atoms with Gasteiger partial charge in [-0.25, -0.2) is 4.98 Å². The van der Waals surface area contributed by atoms with Crippen molar-refractivity contribution in [3.8, 4) is 11.3 Å². The number of imidazole rings is 1. The molecule has 0 saturated heterocycles. The second kappa shape index (κ2) is 5.21. The maximum atomic E-state index is 6.28. The molecule has 0 aliphatic carbocycles. The number of nitrogens with zero attached hydrogens (tertiary/aromatic N) is 2. The summed E-state index contributed by atoms with van der Waals surface area (Å²) in [6, 6.07) is 20.3. The monoisotopic (exact) mass is 263 g/mol. The van der Waals surface area contributed by atoms with Crippen molar-refractivity contribution in [1.82, 2.24) is 9.55 Å². The summed E-state index contributed by atoms with van der Waals surface area (Å²) < 4.78 is 2.05. The van der Waals surface area contributed by atoms with Crippen LogP contribution in [0.3, 0.4) is 0 Å². The van der Waals surface area contributed by atoms with E-state index in [1.165, 1.54) is 5.56 Å². The van der Waals surface area contributed by atoms with E-state index in [0.717, 1.165) is 29.4 Å².